The van der Waals surface area contributed by atoms with Gasteiger partial charge in [-0.15, -0.1) is 0 Å². The summed E-state index contributed by atoms with van der Waals surface area (Å²) in [5.74, 6) is 1.00. The van der Waals surface area contributed by atoms with E-state index in [1.165, 1.54) is 50.5 Å². The average molecular weight is 343 g/mol. The summed E-state index contributed by atoms with van der Waals surface area (Å²) >= 11 is 0. The van der Waals surface area contributed by atoms with Gasteiger partial charge >= 0.3 is 5.97 Å². The van der Waals surface area contributed by atoms with Gasteiger partial charge in [0.05, 0.1) is 0 Å². The molecule has 0 saturated heterocycles. The van der Waals surface area contributed by atoms with Gasteiger partial charge in [-0.25, -0.2) is 0 Å². The molecule has 0 radical (unpaired) electrons. The second kappa shape index (κ2) is 11.1. The summed E-state index contributed by atoms with van der Waals surface area (Å²) in [5.41, 5.74) is 3.48. The molecule has 1 fully saturated rings. The molecular formula is C23H34O2. The molecule has 2 nitrogen and oxygen atoms in total. The molecule has 0 N–H and O–H groups in total. The van der Waals surface area contributed by atoms with E-state index >= 15 is 0 Å². The van der Waals surface area contributed by atoms with E-state index in [2.05, 4.69) is 37.3 Å². The van der Waals surface area contributed by atoms with Crippen LogP contribution < -0.4 is 0 Å². The van der Waals surface area contributed by atoms with Crippen molar-refractivity contribution in [2.75, 3.05) is 6.61 Å². The lowest BCUT2D eigenvalue weighted by molar-refractivity contribution is -0.142. The van der Waals surface area contributed by atoms with Crippen molar-refractivity contribution in [3.8, 4) is 0 Å². The highest BCUT2D eigenvalue weighted by Gasteiger charge is 2.19. The molecule has 0 heterocycles. The number of carbonyl (C=O) groups is 1. The van der Waals surface area contributed by atoms with Crippen LogP contribution in [-0.2, 0) is 9.53 Å². The van der Waals surface area contributed by atoms with Crippen LogP contribution in [0.25, 0.3) is 6.08 Å². The van der Waals surface area contributed by atoms with Crippen LogP contribution in [0.15, 0.2) is 29.8 Å². The van der Waals surface area contributed by atoms with Gasteiger partial charge in [0.15, 0.2) is 0 Å². The molecule has 0 amide bonds. The fraction of sp³-hybridized carbons (Fsp3) is 0.609. The Bertz CT molecular complexity index is 538. The van der Waals surface area contributed by atoms with Gasteiger partial charge in [-0.3, -0.25) is 4.79 Å². The molecule has 1 aromatic rings. The first-order valence-electron chi connectivity index (χ1n) is 10.0. The van der Waals surface area contributed by atoms with Crippen molar-refractivity contribution in [2.24, 2.45) is 5.92 Å². The summed E-state index contributed by atoms with van der Waals surface area (Å²) in [7, 11) is 0. The van der Waals surface area contributed by atoms with E-state index in [1.54, 1.807) is 0 Å². The second-order valence-electron chi connectivity index (χ2n) is 7.67. The molecule has 0 spiro atoms. The second-order valence-corrected chi connectivity index (χ2v) is 7.67. The number of aryl methyl sites for hydroxylation is 1. The first-order valence-corrected chi connectivity index (χ1v) is 10.0. The van der Waals surface area contributed by atoms with E-state index in [-0.39, 0.29) is 5.97 Å². The predicted octanol–water partition coefficient (Wildman–Crippen LogP) is 6.47. The Hall–Kier alpha value is -1.57. The highest BCUT2D eigenvalue weighted by Crippen LogP contribution is 2.34. The lowest BCUT2D eigenvalue weighted by Gasteiger charge is -2.06. The van der Waals surface area contributed by atoms with Crippen molar-refractivity contribution < 1.29 is 9.53 Å². The molecule has 2 rings (SSSR count). The summed E-state index contributed by atoms with van der Waals surface area (Å²) in [6, 6.07) is 8.37. The van der Waals surface area contributed by atoms with Gasteiger partial charge in [-0.05, 0) is 37.3 Å². The van der Waals surface area contributed by atoms with Crippen LogP contribution in [0.1, 0.15) is 82.3 Å². The van der Waals surface area contributed by atoms with E-state index in [1.807, 2.05) is 6.92 Å². The van der Waals surface area contributed by atoms with Crippen LogP contribution >= 0.6 is 0 Å². The van der Waals surface area contributed by atoms with E-state index < -0.39 is 0 Å². The first kappa shape index (κ1) is 19.8. The van der Waals surface area contributed by atoms with Gasteiger partial charge in [0.2, 0.25) is 0 Å². The molecule has 0 unspecified atom stereocenters. The standard InChI is InChI=1S/C23H34O2/c1-19-11-13-22(14-12-19)17-20(2)18-25-23(24)10-8-6-4-3-5-7-9-21-15-16-21/h11-14,17,21H,3-10,15-16,18H2,1-2H3. The molecule has 0 aliphatic heterocycles. The van der Waals surface area contributed by atoms with Crippen molar-refractivity contribution in [3.63, 3.8) is 0 Å². The summed E-state index contributed by atoms with van der Waals surface area (Å²) in [4.78, 5) is 11.8. The zero-order chi connectivity index (χ0) is 17.9. The minimum absolute atomic E-state index is 0.0645. The van der Waals surface area contributed by atoms with Crippen molar-refractivity contribution >= 4 is 12.0 Å². The normalized spacial score (nSPS) is 14.6. The minimum atomic E-state index is -0.0645. The molecule has 0 aromatic heterocycles. The van der Waals surface area contributed by atoms with Crippen LogP contribution in [0, 0.1) is 12.8 Å². The number of unbranched alkanes of at least 4 members (excludes halogenated alkanes) is 5. The monoisotopic (exact) mass is 342 g/mol. The highest BCUT2D eigenvalue weighted by atomic mass is 16.5. The van der Waals surface area contributed by atoms with Crippen LogP contribution in [-0.4, -0.2) is 12.6 Å². The summed E-state index contributed by atoms with van der Waals surface area (Å²) < 4.78 is 5.37. The quantitative estimate of drug-likeness (QED) is 0.321. The Morgan fingerprint density at radius 3 is 2.36 bits per heavy atom. The van der Waals surface area contributed by atoms with Gasteiger partial charge in [0.25, 0.3) is 0 Å². The fourth-order valence-corrected chi connectivity index (χ4v) is 3.07. The zero-order valence-electron chi connectivity index (χ0n) is 16.1. The number of hydrogen-bond acceptors (Lipinski definition) is 2. The predicted molar refractivity (Wildman–Crippen MR) is 105 cm³/mol. The van der Waals surface area contributed by atoms with Crippen molar-refractivity contribution in [3.05, 3.63) is 41.0 Å². The number of carbonyl (C=O) groups excluding carboxylic acids is 1. The molecule has 138 valence electrons. The van der Waals surface area contributed by atoms with Crippen LogP contribution in [0.5, 0.6) is 0 Å². The number of ether oxygens (including phenoxy) is 1. The molecule has 0 bridgehead atoms. The lowest BCUT2D eigenvalue weighted by atomic mass is 10.1. The molecule has 2 heteroatoms. The largest absolute Gasteiger partial charge is 0.461 e. The third kappa shape index (κ3) is 9.48. The van der Waals surface area contributed by atoms with Crippen molar-refractivity contribution in [2.45, 2.75) is 78.1 Å². The van der Waals surface area contributed by atoms with Gasteiger partial charge in [0.1, 0.15) is 6.61 Å². The Morgan fingerprint density at radius 1 is 1.04 bits per heavy atom. The maximum atomic E-state index is 11.8. The number of benzene rings is 1. The average Bonchev–Trinajstić information content (AvgIpc) is 3.42. The SMILES string of the molecule is CC(=Cc1ccc(C)cc1)COC(=O)CCCCCCCCC1CC1. The minimum Gasteiger partial charge on any atom is -0.461 e. The first-order chi connectivity index (χ1) is 12.1. The Labute approximate surface area is 153 Å². The fourth-order valence-electron chi connectivity index (χ4n) is 3.07. The van der Waals surface area contributed by atoms with E-state index in [9.17, 15) is 4.79 Å². The molecule has 1 aliphatic carbocycles. The third-order valence-electron chi connectivity index (χ3n) is 4.89. The summed E-state index contributed by atoms with van der Waals surface area (Å²) in [6.07, 6.45) is 14.5. The van der Waals surface area contributed by atoms with Crippen LogP contribution in [0.4, 0.5) is 0 Å². The highest BCUT2D eigenvalue weighted by molar-refractivity contribution is 5.69. The van der Waals surface area contributed by atoms with E-state index in [0.29, 0.717) is 13.0 Å². The summed E-state index contributed by atoms with van der Waals surface area (Å²) in [5, 5.41) is 0. The molecule has 25 heavy (non-hydrogen) atoms. The van der Waals surface area contributed by atoms with E-state index in [0.717, 1.165) is 29.9 Å². The van der Waals surface area contributed by atoms with Gasteiger partial charge in [-0.1, -0.05) is 87.3 Å². The Balaban J connectivity index is 1.47. The molecule has 1 saturated carbocycles. The van der Waals surface area contributed by atoms with Crippen LogP contribution in [0.3, 0.4) is 0 Å². The topological polar surface area (TPSA) is 26.3 Å². The maximum absolute atomic E-state index is 11.8. The molecule has 1 aliphatic rings. The smallest absolute Gasteiger partial charge is 0.306 e. The summed E-state index contributed by atoms with van der Waals surface area (Å²) in [6.45, 7) is 4.49. The van der Waals surface area contributed by atoms with Crippen molar-refractivity contribution in [1.29, 1.82) is 0 Å². The number of hydrogen-bond donors (Lipinski definition) is 0. The van der Waals surface area contributed by atoms with Crippen LogP contribution in [0.2, 0.25) is 0 Å². The third-order valence-corrected chi connectivity index (χ3v) is 4.89. The zero-order valence-corrected chi connectivity index (χ0v) is 16.1. The number of esters is 1. The molecular weight excluding hydrogens is 308 g/mol. The number of rotatable bonds is 12. The van der Waals surface area contributed by atoms with Gasteiger partial charge in [0, 0.05) is 6.42 Å². The molecule has 1 aromatic carbocycles. The van der Waals surface area contributed by atoms with Gasteiger partial charge < -0.3 is 4.74 Å². The lowest BCUT2D eigenvalue weighted by Crippen LogP contribution is -2.06. The van der Waals surface area contributed by atoms with E-state index in [4.69, 9.17) is 4.74 Å². The Kier molecular flexibility index (Phi) is 8.79. The van der Waals surface area contributed by atoms with Crippen molar-refractivity contribution in [1.82, 2.24) is 0 Å². The molecule has 0 atom stereocenters. The Morgan fingerprint density at radius 2 is 1.68 bits per heavy atom. The maximum Gasteiger partial charge on any atom is 0.306 e. The van der Waals surface area contributed by atoms with Gasteiger partial charge in [-0.2, -0.15) is 0 Å².